The van der Waals surface area contributed by atoms with Gasteiger partial charge in [-0.15, -0.1) is 22.7 Å². The standard InChI is InChI=1S/C13H14O2S2/c1-7-6-10(16-8(7)2)13-12-11(9(3)17-13)14-4-5-15-12/h6H,4-5H2,1-3H3. The van der Waals surface area contributed by atoms with Gasteiger partial charge in [-0.05, 0) is 32.4 Å². The molecule has 0 atom stereocenters. The molecular weight excluding hydrogens is 252 g/mol. The first-order valence-corrected chi connectivity index (χ1v) is 7.26. The van der Waals surface area contributed by atoms with Crippen LogP contribution in [0.2, 0.25) is 0 Å². The van der Waals surface area contributed by atoms with Crippen molar-refractivity contribution < 1.29 is 9.47 Å². The van der Waals surface area contributed by atoms with Crippen LogP contribution < -0.4 is 9.47 Å². The van der Waals surface area contributed by atoms with Crippen LogP contribution in [0.25, 0.3) is 9.75 Å². The molecule has 0 saturated heterocycles. The van der Waals surface area contributed by atoms with E-state index in [2.05, 4.69) is 26.8 Å². The molecule has 0 aromatic carbocycles. The van der Waals surface area contributed by atoms with Crippen molar-refractivity contribution in [3.63, 3.8) is 0 Å². The monoisotopic (exact) mass is 266 g/mol. The lowest BCUT2D eigenvalue weighted by atomic mass is 10.2. The van der Waals surface area contributed by atoms with E-state index in [1.807, 2.05) is 11.3 Å². The van der Waals surface area contributed by atoms with Crippen LogP contribution in [0.5, 0.6) is 11.5 Å². The highest BCUT2D eigenvalue weighted by molar-refractivity contribution is 7.22. The van der Waals surface area contributed by atoms with Crippen LogP contribution in [0.3, 0.4) is 0 Å². The molecule has 0 fully saturated rings. The van der Waals surface area contributed by atoms with Gasteiger partial charge in [-0.2, -0.15) is 0 Å². The number of fused-ring (bicyclic) bond motifs is 1. The summed E-state index contributed by atoms with van der Waals surface area (Å²) in [7, 11) is 0. The molecule has 1 aliphatic heterocycles. The van der Waals surface area contributed by atoms with E-state index in [0.29, 0.717) is 13.2 Å². The van der Waals surface area contributed by atoms with Crippen molar-refractivity contribution in [2.45, 2.75) is 20.8 Å². The Hall–Kier alpha value is -1.00. The molecule has 0 N–H and O–H groups in total. The van der Waals surface area contributed by atoms with Crippen LogP contribution in [-0.2, 0) is 0 Å². The molecule has 4 heteroatoms. The smallest absolute Gasteiger partial charge is 0.181 e. The fourth-order valence-electron chi connectivity index (χ4n) is 1.94. The van der Waals surface area contributed by atoms with Crippen molar-refractivity contribution >= 4 is 22.7 Å². The highest BCUT2D eigenvalue weighted by atomic mass is 32.1. The van der Waals surface area contributed by atoms with Gasteiger partial charge in [0, 0.05) is 14.6 Å². The summed E-state index contributed by atoms with van der Waals surface area (Å²) in [5.41, 5.74) is 1.35. The van der Waals surface area contributed by atoms with Crippen molar-refractivity contribution in [3.8, 4) is 21.3 Å². The Morgan fingerprint density at radius 3 is 2.29 bits per heavy atom. The third kappa shape index (κ3) is 1.76. The zero-order valence-electron chi connectivity index (χ0n) is 10.1. The van der Waals surface area contributed by atoms with E-state index in [4.69, 9.17) is 9.47 Å². The van der Waals surface area contributed by atoms with E-state index in [0.717, 1.165) is 11.5 Å². The van der Waals surface area contributed by atoms with Gasteiger partial charge in [0.2, 0.25) is 0 Å². The van der Waals surface area contributed by atoms with Crippen molar-refractivity contribution in [1.29, 1.82) is 0 Å². The summed E-state index contributed by atoms with van der Waals surface area (Å²) >= 11 is 3.59. The molecule has 0 radical (unpaired) electrons. The van der Waals surface area contributed by atoms with Gasteiger partial charge in [0.05, 0.1) is 4.88 Å². The highest BCUT2D eigenvalue weighted by Crippen LogP contribution is 2.50. The lowest BCUT2D eigenvalue weighted by Crippen LogP contribution is -2.14. The van der Waals surface area contributed by atoms with E-state index in [9.17, 15) is 0 Å². The Bertz CT molecular complexity index is 547. The number of hydrogen-bond donors (Lipinski definition) is 0. The number of thiophene rings is 2. The minimum Gasteiger partial charge on any atom is -0.485 e. The average molecular weight is 266 g/mol. The molecule has 3 rings (SSSR count). The van der Waals surface area contributed by atoms with E-state index < -0.39 is 0 Å². The first-order valence-electron chi connectivity index (χ1n) is 5.63. The maximum atomic E-state index is 5.77. The summed E-state index contributed by atoms with van der Waals surface area (Å²) in [5.74, 6) is 1.89. The fourth-order valence-corrected chi connectivity index (χ4v) is 4.12. The van der Waals surface area contributed by atoms with Crippen molar-refractivity contribution in [2.24, 2.45) is 0 Å². The first-order chi connectivity index (χ1) is 8.16. The molecule has 0 saturated carbocycles. The van der Waals surface area contributed by atoms with Crippen LogP contribution in [0.15, 0.2) is 6.07 Å². The normalized spacial score (nSPS) is 14.1. The molecule has 90 valence electrons. The Balaban J connectivity index is 2.14. The van der Waals surface area contributed by atoms with Gasteiger partial charge in [-0.1, -0.05) is 0 Å². The second kappa shape index (κ2) is 4.03. The summed E-state index contributed by atoms with van der Waals surface area (Å²) in [4.78, 5) is 5.09. The third-order valence-electron chi connectivity index (χ3n) is 2.95. The van der Waals surface area contributed by atoms with E-state index in [1.165, 1.54) is 25.1 Å². The van der Waals surface area contributed by atoms with E-state index in [1.54, 1.807) is 11.3 Å². The zero-order valence-corrected chi connectivity index (χ0v) is 11.8. The molecule has 0 aliphatic carbocycles. The van der Waals surface area contributed by atoms with Crippen LogP contribution in [0.4, 0.5) is 0 Å². The molecule has 0 spiro atoms. The van der Waals surface area contributed by atoms with E-state index in [-0.39, 0.29) is 0 Å². The predicted molar refractivity (Wildman–Crippen MR) is 72.8 cm³/mol. The Kier molecular flexibility index (Phi) is 2.64. The summed E-state index contributed by atoms with van der Waals surface area (Å²) in [5, 5.41) is 0. The molecule has 2 aromatic heterocycles. The van der Waals surface area contributed by atoms with Gasteiger partial charge in [-0.3, -0.25) is 0 Å². The zero-order chi connectivity index (χ0) is 12.0. The molecule has 0 bridgehead atoms. The van der Waals surface area contributed by atoms with Crippen LogP contribution >= 0.6 is 22.7 Å². The second-order valence-corrected chi connectivity index (χ2v) is 6.67. The number of rotatable bonds is 1. The van der Waals surface area contributed by atoms with Gasteiger partial charge in [0.25, 0.3) is 0 Å². The lowest BCUT2D eigenvalue weighted by molar-refractivity contribution is 0.173. The molecule has 0 unspecified atom stereocenters. The van der Waals surface area contributed by atoms with Crippen LogP contribution in [-0.4, -0.2) is 13.2 Å². The van der Waals surface area contributed by atoms with Crippen molar-refractivity contribution in [1.82, 2.24) is 0 Å². The lowest BCUT2D eigenvalue weighted by Gasteiger charge is -2.16. The molecule has 2 aromatic rings. The second-order valence-electron chi connectivity index (χ2n) is 4.19. The van der Waals surface area contributed by atoms with Crippen LogP contribution in [0, 0.1) is 20.8 Å². The van der Waals surface area contributed by atoms with Crippen LogP contribution in [0.1, 0.15) is 15.3 Å². The molecular formula is C13H14O2S2. The molecule has 0 amide bonds. The number of hydrogen-bond acceptors (Lipinski definition) is 4. The maximum Gasteiger partial charge on any atom is 0.181 e. The largest absolute Gasteiger partial charge is 0.485 e. The SMILES string of the molecule is Cc1cc(-c2sc(C)c3c2OCCO3)sc1C. The average Bonchev–Trinajstić information content (AvgIpc) is 2.82. The van der Waals surface area contributed by atoms with Crippen molar-refractivity contribution in [2.75, 3.05) is 13.2 Å². The van der Waals surface area contributed by atoms with Crippen molar-refractivity contribution in [3.05, 3.63) is 21.4 Å². The minimum absolute atomic E-state index is 0.652. The number of ether oxygens (including phenoxy) is 2. The Morgan fingerprint density at radius 1 is 0.941 bits per heavy atom. The first kappa shape index (κ1) is 11.1. The topological polar surface area (TPSA) is 18.5 Å². The summed E-state index contributed by atoms with van der Waals surface area (Å²) in [6.07, 6.45) is 0. The molecule has 17 heavy (non-hydrogen) atoms. The Labute approximate surface area is 109 Å². The molecule has 1 aliphatic rings. The van der Waals surface area contributed by atoms with Gasteiger partial charge >= 0.3 is 0 Å². The van der Waals surface area contributed by atoms with Gasteiger partial charge in [0.1, 0.15) is 13.2 Å². The highest BCUT2D eigenvalue weighted by Gasteiger charge is 2.24. The van der Waals surface area contributed by atoms with E-state index >= 15 is 0 Å². The minimum atomic E-state index is 0.652. The molecule has 3 heterocycles. The van der Waals surface area contributed by atoms with Gasteiger partial charge in [-0.25, -0.2) is 0 Å². The molecule has 2 nitrogen and oxygen atoms in total. The summed E-state index contributed by atoms with van der Waals surface area (Å²) in [6.45, 7) is 7.72. The maximum absolute atomic E-state index is 5.77. The van der Waals surface area contributed by atoms with Gasteiger partial charge in [0.15, 0.2) is 11.5 Å². The fraction of sp³-hybridized carbons (Fsp3) is 0.385. The number of aryl methyl sites for hydroxylation is 3. The predicted octanol–water partition coefficient (Wildman–Crippen LogP) is 4.17. The quantitative estimate of drug-likeness (QED) is 0.771. The summed E-state index contributed by atoms with van der Waals surface area (Å²) < 4.78 is 11.5. The van der Waals surface area contributed by atoms with Gasteiger partial charge < -0.3 is 9.47 Å². The third-order valence-corrected chi connectivity index (χ3v) is 5.35. The Morgan fingerprint density at radius 2 is 1.65 bits per heavy atom. The summed E-state index contributed by atoms with van der Waals surface area (Å²) in [6, 6.07) is 2.24.